The second-order valence-electron chi connectivity index (χ2n) is 6.07. The standard InChI is InChI=1S/C18H18N2/c1-18(2)19-15(13-9-5-3-6-10-13)17-16(20(17)18)14-11-7-4-8-12-14/h3-12,16-17H,1-2H3/t16-,17-,20?/m0/s1. The molecule has 0 radical (unpaired) electrons. The molecule has 0 bridgehead atoms. The molecular weight excluding hydrogens is 244 g/mol. The second-order valence-corrected chi connectivity index (χ2v) is 6.07. The molecule has 100 valence electrons. The largest absolute Gasteiger partial charge is 0.266 e. The van der Waals surface area contributed by atoms with Crippen LogP contribution in [0.1, 0.15) is 31.0 Å². The number of rotatable bonds is 2. The summed E-state index contributed by atoms with van der Waals surface area (Å²) in [6.45, 7) is 4.41. The zero-order valence-electron chi connectivity index (χ0n) is 11.8. The van der Waals surface area contributed by atoms with Crippen LogP contribution in [0.15, 0.2) is 65.7 Å². The lowest BCUT2D eigenvalue weighted by molar-refractivity contribution is 0.281. The molecular formula is C18H18N2. The van der Waals surface area contributed by atoms with E-state index >= 15 is 0 Å². The highest BCUT2D eigenvalue weighted by atomic mass is 15.5. The Morgan fingerprint density at radius 1 is 0.850 bits per heavy atom. The van der Waals surface area contributed by atoms with E-state index in [4.69, 9.17) is 4.99 Å². The molecule has 4 rings (SSSR count). The third kappa shape index (κ3) is 1.65. The summed E-state index contributed by atoms with van der Waals surface area (Å²) in [6, 6.07) is 22.3. The zero-order valence-corrected chi connectivity index (χ0v) is 11.8. The summed E-state index contributed by atoms with van der Waals surface area (Å²) >= 11 is 0. The minimum absolute atomic E-state index is 0.101. The highest BCUT2D eigenvalue weighted by Crippen LogP contribution is 2.54. The van der Waals surface area contributed by atoms with Crippen molar-refractivity contribution in [3.05, 3.63) is 71.8 Å². The van der Waals surface area contributed by atoms with Crippen molar-refractivity contribution in [2.45, 2.75) is 31.6 Å². The van der Waals surface area contributed by atoms with Gasteiger partial charge in [-0.05, 0) is 25.0 Å². The minimum atomic E-state index is -0.101. The predicted molar refractivity (Wildman–Crippen MR) is 81.9 cm³/mol. The molecule has 2 heterocycles. The van der Waals surface area contributed by atoms with Crippen LogP contribution in [-0.2, 0) is 0 Å². The Labute approximate surface area is 119 Å². The van der Waals surface area contributed by atoms with E-state index in [1.807, 2.05) is 0 Å². The summed E-state index contributed by atoms with van der Waals surface area (Å²) in [5.74, 6) is 0. The van der Waals surface area contributed by atoms with E-state index in [9.17, 15) is 0 Å². The number of hydrogen-bond acceptors (Lipinski definition) is 2. The average Bonchev–Trinajstić information content (AvgIpc) is 3.17. The molecule has 0 N–H and O–H groups in total. The molecule has 3 atom stereocenters. The van der Waals surface area contributed by atoms with Crippen LogP contribution in [0.5, 0.6) is 0 Å². The maximum absolute atomic E-state index is 4.94. The van der Waals surface area contributed by atoms with Crippen molar-refractivity contribution in [3.8, 4) is 0 Å². The van der Waals surface area contributed by atoms with Crippen molar-refractivity contribution in [1.29, 1.82) is 0 Å². The highest BCUT2D eigenvalue weighted by Gasteiger charge is 2.62. The van der Waals surface area contributed by atoms with Gasteiger partial charge in [-0.25, -0.2) is 0 Å². The quantitative estimate of drug-likeness (QED) is 0.754. The number of aliphatic imine (C=N–C) groups is 1. The molecule has 2 aromatic carbocycles. The van der Waals surface area contributed by atoms with Gasteiger partial charge in [0.05, 0.1) is 17.8 Å². The number of fused-ring (bicyclic) bond motifs is 1. The number of hydrogen-bond donors (Lipinski definition) is 0. The third-order valence-corrected chi connectivity index (χ3v) is 4.33. The molecule has 0 amide bonds. The van der Waals surface area contributed by atoms with E-state index in [1.165, 1.54) is 16.8 Å². The van der Waals surface area contributed by atoms with Crippen LogP contribution in [0, 0.1) is 0 Å². The Morgan fingerprint density at radius 2 is 1.45 bits per heavy atom. The van der Waals surface area contributed by atoms with Gasteiger partial charge in [0.2, 0.25) is 0 Å². The molecule has 20 heavy (non-hydrogen) atoms. The fourth-order valence-corrected chi connectivity index (χ4v) is 3.45. The lowest BCUT2D eigenvalue weighted by atomic mass is 10.0. The first-order valence-electron chi connectivity index (χ1n) is 7.17. The SMILES string of the molecule is CC1(C)N=C(c2ccccc2)[C@H]2[C@H](c3ccccc3)N21. The number of nitrogens with zero attached hydrogens (tertiary/aromatic N) is 2. The Kier molecular flexibility index (Phi) is 2.39. The summed E-state index contributed by atoms with van der Waals surface area (Å²) in [6.07, 6.45) is 0. The van der Waals surface area contributed by atoms with Crippen LogP contribution in [0.2, 0.25) is 0 Å². The van der Waals surface area contributed by atoms with Crippen LogP contribution in [-0.4, -0.2) is 22.3 Å². The Bertz CT molecular complexity index is 658. The molecule has 2 aliphatic heterocycles. The van der Waals surface area contributed by atoms with Crippen molar-refractivity contribution in [2.24, 2.45) is 4.99 Å². The first-order chi connectivity index (χ1) is 9.68. The van der Waals surface area contributed by atoms with Crippen LogP contribution >= 0.6 is 0 Å². The van der Waals surface area contributed by atoms with Gasteiger partial charge in [0.25, 0.3) is 0 Å². The van der Waals surface area contributed by atoms with Gasteiger partial charge in [0, 0.05) is 0 Å². The second kappa shape index (κ2) is 4.03. The monoisotopic (exact) mass is 262 g/mol. The molecule has 2 heteroatoms. The Morgan fingerprint density at radius 3 is 2.10 bits per heavy atom. The predicted octanol–water partition coefficient (Wildman–Crippen LogP) is 3.65. The minimum Gasteiger partial charge on any atom is -0.266 e. The van der Waals surface area contributed by atoms with Crippen molar-refractivity contribution < 1.29 is 0 Å². The molecule has 2 aliphatic rings. The Hall–Kier alpha value is -1.93. The van der Waals surface area contributed by atoms with E-state index in [0.717, 1.165) is 0 Å². The van der Waals surface area contributed by atoms with E-state index in [0.29, 0.717) is 12.1 Å². The van der Waals surface area contributed by atoms with Gasteiger partial charge in [0.15, 0.2) is 0 Å². The maximum atomic E-state index is 4.94. The van der Waals surface area contributed by atoms with Crippen molar-refractivity contribution in [1.82, 2.24) is 4.90 Å². The third-order valence-electron chi connectivity index (χ3n) is 4.33. The molecule has 0 saturated carbocycles. The van der Waals surface area contributed by atoms with Gasteiger partial charge in [-0.1, -0.05) is 60.7 Å². The molecule has 1 fully saturated rings. The fraction of sp³-hybridized carbons (Fsp3) is 0.278. The lowest BCUT2D eigenvalue weighted by Gasteiger charge is -2.20. The summed E-state index contributed by atoms with van der Waals surface area (Å²) < 4.78 is 0. The lowest BCUT2D eigenvalue weighted by Crippen LogP contribution is -2.25. The molecule has 2 nitrogen and oxygen atoms in total. The summed E-state index contributed by atoms with van der Waals surface area (Å²) in [5, 5.41) is 0. The van der Waals surface area contributed by atoms with Crippen molar-refractivity contribution in [2.75, 3.05) is 0 Å². The van der Waals surface area contributed by atoms with Gasteiger partial charge >= 0.3 is 0 Å². The van der Waals surface area contributed by atoms with E-state index < -0.39 is 0 Å². The summed E-state index contributed by atoms with van der Waals surface area (Å²) in [4.78, 5) is 7.44. The van der Waals surface area contributed by atoms with Gasteiger partial charge in [-0.3, -0.25) is 9.89 Å². The highest BCUT2D eigenvalue weighted by molar-refractivity contribution is 6.08. The van der Waals surface area contributed by atoms with Crippen LogP contribution in [0.3, 0.4) is 0 Å². The van der Waals surface area contributed by atoms with Crippen LogP contribution in [0.4, 0.5) is 0 Å². The molecule has 0 aliphatic carbocycles. The molecule has 0 aromatic heterocycles. The first-order valence-corrected chi connectivity index (χ1v) is 7.17. The van der Waals surface area contributed by atoms with E-state index in [1.54, 1.807) is 0 Å². The first kappa shape index (κ1) is 11.9. The fourth-order valence-electron chi connectivity index (χ4n) is 3.45. The molecule has 1 unspecified atom stereocenters. The summed E-state index contributed by atoms with van der Waals surface area (Å²) in [5.41, 5.74) is 3.79. The van der Waals surface area contributed by atoms with E-state index in [2.05, 4.69) is 79.4 Å². The summed E-state index contributed by atoms with van der Waals surface area (Å²) in [7, 11) is 0. The van der Waals surface area contributed by atoms with Crippen LogP contribution < -0.4 is 0 Å². The van der Waals surface area contributed by atoms with Crippen molar-refractivity contribution in [3.63, 3.8) is 0 Å². The number of benzene rings is 2. The van der Waals surface area contributed by atoms with Gasteiger partial charge in [0.1, 0.15) is 5.66 Å². The smallest absolute Gasteiger partial charge is 0.109 e. The van der Waals surface area contributed by atoms with Gasteiger partial charge in [-0.2, -0.15) is 0 Å². The average molecular weight is 262 g/mol. The van der Waals surface area contributed by atoms with E-state index in [-0.39, 0.29) is 5.66 Å². The zero-order chi connectivity index (χ0) is 13.7. The van der Waals surface area contributed by atoms with Gasteiger partial charge < -0.3 is 0 Å². The van der Waals surface area contributed by atoms with Gasteiger partial charge in [-0.15, -0.1) is 0 Å². The normalized spacial score (nSPS) is 29.7. The topological polar surface area (TPSA) is 15.4 Å². The molecule has 0 spiro atoms. The molecule has 2 aromatic rings. The Balaban J connectivity index is 1.73. The van der Waals surface area contributed by atoms with Crippen molar-refractivity contribution >= 4 is 5.71 Å². The maximum Gasteiger partial charge on any atom is 0.109 e. The molecule has 1 saturated heterocycles. The van der Waals surface area contributed by atoms with Crippen LogP contribution in [0.25, 0.3) is 0 Å².